The number of hydrogen-bond acceptors (Lipinski definition) is 2. The van der Waals surface area contributed by atoms with Crippen molar-refractivity contribution in [1.82, 2.24) is 0 Å². The van der Waals surface area contributed by atoms with Crippen LogP contribution < -0.4 is 10.1 Å². The summed E-state index contributed by atoms with van der Waals surface area (Å²) in [4.78, 5) is 12.4. The highest BCUT2D eigenvalue weighted by Gasteiger charge is 2.19. The van der Waals surface area contributed by atoms with Gasteiger partial charge in [0.05, 0.1) is 0 Å². The van der Waals surface area contributed by atoms with Gasteiger partial charge in [-0.3, -0.25) is 4.79 Å². The normalized spacial score (nSPS) is 11.8. The lowest BCUT2D eigenvalue weighted by molar-refractivity contribution is -0.122. The minimum atomic E-state index is -0.499. The van der Waals surface area contributed by atoms with E-state index in [4.69, 9.17) is 4.74 Å². The lowest BCUT2D eigenvalue weighted by Crippen LogP contribution is -2.32. The maximum absolute atomic E-state index is 12.4. The Morgan fingerprint density at radius 1 is 1.18 bits per heavy atom. The molecule has 0 aromatic heterocycles. The van der Waals surface area contributed by atoms with Gasteiger partial charge in [0, 0.05) is 9.26 Å². The summed E-state index contributed by atoms with van der Waals surface area (Å²) in [6.07, 6.45) is 0.115. The maximum Gasteiger partial charge on any atom is 0.265 e. The second-order valence-corrected chi connectivity index (χ2v) is 6.53. The second kappa shape index (κ2) is 7.63. The number of aryl methyl sites for hydroxylation is 2. The molecule has 0 saturated carbocycles. The summed E-state index contributed by atoms with van der Waals surface area (Å²) in [7, 11) is 0. The third-order valence-corrected chi connectivity index (χ3v) is 4.09. The Labute approximate surface area is 145 Å². The summed E-state index contributed by atoms with van der Waals surface area (Å²) in [6.45, 7) is 5.98. The van der Waals surface area contributed by atoms with Crippen molar-refractivity contribution in [2.24, 2.45) is 0 Å². The van der Waals surface area contributed by atoms with Gasteiger partial charge in [0.15, 0.2) is 6.10 Å². The molecule has 0 bridgehead atoms. The topological polar surface area (TPSA) is 38.3 Å². The summed E-state index contributed by atoms with van der Waals surface area (Å²) in [6, 6.07) is 13.7. The zero-order valence-electron chi connectivity index (χ0n) is 13.0. The highest BCUT2D eigenvalue weighted by atomic mass is 127. The van der Waals surface area contributed by atoms with Gasteiger partial charge in [-0.05, 0) is 78.8 Å². The first-order chi connectivity index (χ1) is 10.5. The van der Waals surface area contributed by atoms with Crippen molar-refractivity contribution >= 4 is 34.2 Å². The van der Waals surface area contributed by atoms with Crippen LogP contribution in [0.15, 0.2) is 42.5 Å². The fraction of sp³-hybridized carbons (Fsp3) is 0.278. The number of carbonyl (C=O) groups is 1. The Hall–Kier alpha value is -1.56. The van der Waals surface area contributed by atoms with Crippen LogP contribution >= 0.6 is 22.6 Å². The van der Waals surface area contributed by atoms with Crippen LogP contribution in [0, 0.1) is 17.4 Å². The largest absolute Gasteiger partial charge is 0.480 e. The van der Waals surface area contributed by atoms with Gasteiger partial charge >= 0.3 is 0 Å². The van der Waals surface area contributed by atoms with E-state index < -0.39 is 6.10 Å². The molecule has 0 fully saturated rings. The minimum absolute atomic E-state index is 0.122. The summed E-state index contributed by atoms with van der Waals surface area (Å²) in [5.74, 6) is 0.638. The molecule has 0 unspecified atom stereocenters. The van der Waals surface area contributed by atoms with E-state index in [1.54, 1.807) is 0 Å². The van der Waals surface area contributed by atoms with Crippen LogP contribution in [0.4, 0.5) is 5.69 Å². The SMILES string of the molecule is CC[C@H](Oc1ccc(C)cc1C)C(=O)Nc1ccc(I)cc1. The molecule has 1 atom stereocenters. The molecule has 0 aliphatic rings. The third kappa shape index (κ3) is 4.47. The van der Waals surface area contributed by atoms with Gasteiger partial charge in [0.25, 0.3) is 5.91 Å². The number of nitrogens with one attached hydrogen (secondary N) is 1. The average molecular weight is 409 g/mol. The van der Waals surface area contributed by atoms with Crippen LogP contribution in [-0.4, -0.2) is 12.0 Å². The number of hydrogen-bond donors (Lipinski definition) is 1. The first kappa shape index (κ1) is 16.8. The van der Waals surface area contributed by atoms with Crippen LogP contribution in [0.5, 0.6) is 5.75 Å². The smallest absolute Gasteiger partial charge is 0.265 e. The molecule has 0 spiro atoms. The molecular weight excluding hydrogens is 389 g/mol. The van der Waals surface area contributed by atoms with E-state index in [0.717, 1.165) is 20.6 Å². The van der Waals surface area contributed by atoms with Gasteiger partial charge in [-0.25, -0.2) is 0 Å². The minimum Gasteiger partial charge on any atom is -0.480 e. The number of halogens is 1. The third-order valence-electron chi connectivity index (χ3n) is 3.37. The van der Waals surface area contributed by atoms with Crippen molar-refractivity contribution in [1.29, 1.82) is 0 Å². The molecule has 1 amide bonds. The number of ether oxygens (including phenoxy) is 1. The summed E-state index contributed by atoms with van der Waals surface area (Å²) < 4.78 is 7.03. The quantitative estimate of drug-likeness (QED) is 0.727. The fourth-order valence-corrected chi connectivity index (χ4v) is 2.52. The zero-order chi connectivity index (χ0) is 16.1. The second-order valence-electron chi connectivity index (χ2n) is 5.28. The molecule has 4 heteroatoms. The molecule has 0 aliphatic carbocycles. The van der Waals surface area contributed by atoms with E-state index in [2.05, 4.69) is 34.0 Å². The molecule has 0 aliphatic heterocycles. The first-order valence-corrected chi connectivity index (χ1v) is 8.38. The first-order valence-electron chi connectivity index (χ1n) is 7.30. The Kier molecular flexibility index (Phi) is 5.83. The van der Waals surface area contributed by atoms with Gasteiger partial charge in [-0.15, -0.1) is 0 Å². The van der Waals surface area contributed by atoms with Crippen molar-refractivity contribution in [2.45, 2.75) is 33.3 Å². The number of amides is 1. The van der Waals surface area contributed by atoms with Crippen LogP contribution in [0.25, 0.3) is 0 Å². The van der Waals surface area contributed by atoms with Gasteiger partial charge < -0.3 is 10.1 Å². The van der Waals surface area contributed by atoms with E-state index in [1.165, 1.54) is 5.56 Å². The predicted molar refractivity (Wildman–Crippen MR) is 98.4 cm³/mol. The van der Waals surface area contributed by atoms with E-state index in [0.29, 0.717) is 6.42 Å². The van der Waals surface area contributed by atoms with Crippen molar-refractivity contribution < 1.29 is 9.53 Å². The fourth-order valence-electron chi connectivity index (χ4n) is 2.16. The Balaban J connectivity index is 2.07. The van der Waals surface area contributed by atoms with Gasteiger partial charge in [-0.1, -0.05) is 24.6 Å². The monoisotopic (exact) mass is 409 g/mol. The Morgan fingerprint density at radius 2 is 1.86 bits per heavy atom. The van der Waals surface area contributed by atoms with Gasteiger partial charge in [0.1, 0.15) is 5.75 Å². The van der Waals surface area contributed by atoms with Gasteiger partial charge in [-0.2, -0.15) is 0 Å². The zero-order valence-corrected chi connectivity index (χ0v) is 15.2. The molecule has 2 rings (SSSR count). The number of benzene rings is 2. The Bertz CT molecular complexity index is 653. The molecule has 0 saturated heterocycles. The Morgan fingerprint density at radius 3 is 2.45 bits per heavy atom. The molecule has 22 heavy (non-hydrogen) atoms. The maximum atomic E-state index is 12.4. The van der Waals surface area contributed by atoms with E-state index in [1.807, 2.05) is 57.2 Å². The molecule has 2 aromatic carbocycles. The highest BCUT2D eigenvalue weighted by Crippen LogP contribution is 2.21. The molecule has 1 N–H and O–H groups in total. The predicted octanol–water partition coefficient (Wildman–Crippen LogP) is 4.70. The molecule has 116 valence electrons. The van der Waals surface area contributed by atoms with Crippen LogP contribution in [0.2, 0.25) is 0 Å². The molecule has 3 nitrogen and oxygen atoms in total. The molecular formula is C18H20INO2. The van der Waals surface area contributed by atoms with Crippen LogP contribution in [0.1, 0.15) is 24.5 Å². The van der Waals surface area contributed by atoms with Crippen molar-refractivity contribution in [3.63, 3.8) is 0 Å². The number of anilines is 1. The molecule has 2 aromatic rings. The summed E-state index contributed by atoms with van der Waals surface area (Å²) in [5.41, 5.74) is 3.01. The van der Waals surface area contributed by atoms with Crippen molar-refractivity contribution in [3.8, 4) is 5.75 Å². The van der Waals surface area contributed by atoms with E-state index in [-0.39, 0.29) is 5.91 Å². The van der Waals surface area contributed by atoms with E-state index >= 15 is 0 Å². The number of rotatable bonds is 5. The lowest BCUT2D eigenvalue weighted by Gasteiger charge is -2.19. The number of carbonyl (C=O) groups excluding carboxylic acids is 1. The van der Waals surface area contributed by atoms with Crippen molar-refractivity contribution in [2.75, 3.05) is 5.32 Å². The average Bonchev–Trinajstić information content (AvgIpc) is 2.49. The standard InChI is InChI=1S/C18H20INO2/c1-4-16(22-17-10-5-12(2)11-13(17)3)18(21)20-15-8-6-14(19)7-9-15/h5-11,16H,4H2,1-3H3,(H,20,21)/t16-/m0/s1. The van der Waals surface area contributed by atoms with E-state index in [9.17, 15) is 4.79 Å². The van der Waals surface area contributed by atoms with Gasteiger partial charge in [0.2, 0.25) is 0 Å². The molecule has 0 radical (unpaired) electrons. The van der Waals surface area contributed by atoms with Crippen LogP contribution in [0.3, 0.4) is 0 Å². The summed E-state index contributed by atoms with van der Waals surface area (Å²) in [5, 5.41) is 2.90. The highest BCUT2D eigenvalue weighted by molar-refractivity contribution is 14.1. The van der Waals surface area contributed by atoms with Crippen LogP contribution in [-0.2, 0) is 4.79 Å². The lowest BCUT2D eigenvalue weighted by atomic mass is 10.1. The van der Waals surface area contributed by atoms with Crippen molar-refractivity contribution in [3.05, 3.63) is 57.2 Å². The summed E-state index contributed by atoms with van der Waals surface area (Å²) >= 11 is 2.23. The molecule has 0 heterocycles.